The molecule has 0 aliphatic heterocycles. The predicted molar refractivity (Wildman–Crippen MR) is 123 cm³/mol. The second kappa shape index (κ2) is 8.92. The molecule has 7 nitrogen and oxygen atoms in total. The third-order valence-corrected chi connectivity index (χ3v) is 6.40. The van der Waals surface area contributed by atoms with Gasteiger partial charge in [-0.2, -0.15) is 5.10 Å². The summed E-state index contributed by atoms with van der Waals surface area (Å²) in [6, 6.07) is 13.7. The number of amides is 1. The smallest absolute Gasteiger partial charge is 0.254 e. The SMILES string of the molecule is COc1ccccc1-c1ccnc(-n2ncc(C(=O)NCCc3cccs3)c2C2CC2)n1. The Balaban J connectivity index is 1.42. The van der Waals surface area contributed by atoms with E-state index < -0.39 is 0 Å². The van der Waals surface area contributed by atoms with Crippen molar-refractivity contribution in [3.05, 3.63) is 76.4 Å². The zero-order chi connectivity index (χ0) is 21.9. The van der Waals surface area contributed by atoms with Gasteiger partial charge in [0, 0.05) is 29.1 Å². The van der Waals surface area contributed by atoms with Crippen LogP contribution in [-0.4, -0.2) is 39.3 Å². The Hall–Kier alpha value is -3.52. The van der Waals surface area contributed by atoms with Crippen LogP contribution in [0.3, 0.4) is 0 Å². The molecule has 1 fully saturated rings. The molecule has 3 aromatic heterocycles. The van der Waals surface area contributed by atoms with Crippen molar-refractivity contribution in [2.45, 2.75) is 25.2 Å². The number of hydrogen-bond acceptors (Lipinski definition) is 6. The zero-order valence-corrected chi connectivity index (χ0v) is 18.5. The van der Waals surface area contributed by atoms with Crippen molar-refractivity contribution in [3.8, 4) is 23.0 Å². The van der Waals surface area contributed by atoms with Crippen molar-refractivity contribution in [2.75, 3.05) is 13.7 Å². The van der Waals surface area contributed by atoms with E-state index in [9.17, 15) is 4.79 Å². The third kappa shape index (κ3) is 4.13. The quantitative estimate of drug-likeness (QED) is 0.438. The molecule has 1 saturated carbocycles. The summed E-state index contributed by atoms with van der Waals surface area (Å²) in [5, 5.41) is 9.59. The Morgan fingerprint density at radius 2 is 2.09 bits per heavy atom. The lowest BCUT2D eigenvalue weighted by atomic mass is 10.1. The molecule has 0 spiro atoms. The fraction of sp³-hybridized carbons (Fsp3) is 0.250. The van der Waals surface area contributed by atoms with Crippen LogP contribution in [0, 0.1) is 0 Å². The average molecular weight is 446 g/mol. The van der Waals surface area contributed by atoms with Crippen molar-refractivity contribution in [1.29, 1.82) is 0 Å². The molecule has 32 heavy (non-hydrogen) atoms. The van der Waals surface area contributed by atoms with Gasteiger partial charge in [-0.05, 0) is 48.9 Å². The minimum atomic E-state index is -0.101. The first-order valence-electron chi connectivity index (χ1n) is 10.6. The van der Waals surface area contributed by atoms with E-state index in [2.05, 4.69) is 21.5 Å². The van der Waals surface area contributed by atoms with E-state index in [4.69, 9.17) is 9.72 Å². The van der Waals surface area contributed by atoms with Crippen molar-refractivity contribution in [3.63, 3.8) is 0 Å². The monoisotopic (exact) mass is 445 g/mol. The average Bonchev–Trinajstić information content (AvgIpc) is 3.35. The number of thiophene rings is 1. The van der Waals surface area contributed by atoms with Crippen LogP contribution in [0.5, 0.6) is 5.75 Å². The number of benzene rings is 1. The summed E-state index contributed by atoms with van der Waals surface area (Å²) < 4.78 is 7.20. The number of para-hydroxylation sites is 1. The van der Waals surface area contributed by atoms with Crippen molar-refractivity contribution in [1.82, 2.24) is 25.1 Å². The second-order valence-corrected chi connectivity index (χ2v) is 8.69. The van der Waals surface area contributed by atoms with Crippen LogP contribution in [0.2, 0.25) is 0 Å². The summed E-state index contributed by atoms with van der Waals surface area (Å²) in [4.78, 5) is 23.4. The summed E-state index contributed by atoms with van der Waals surface area (Å²) >= 11 is 1.70. The van der Waals surface area contributed by atoms with E-state index in [-0.39, 0.29) is 5.91 Å². The van der Waals surface area contributed by atoms with Crippen molar-refractivity contribution < 1.29 is 9.53 Å². The van der Waals surface area contributed by atoms with E-state index >= 15 is 0 Å². The maximum atomic E-state index is 12.9. The first-order valence-corrected chi connectivity index (χ1v) is 11.5. The van der Waals surface area contributed by atoms with E-state index in [1.165, 1.54) is 4.88 Å². The first-order chi connectivity index (χ1) is 15.7. The van der Waals surface area contributed by atoms with Crippen LogP contribution in [0.1, 0.15) is 39.7 Å². The second-order valence-electron chi connectivity index (χ2n) is 7.66. The molecule has 4 aromatic rings. The lowest BCUT2D eigenvalue weighted by molar-refractivity contribution is 0.0953. The van der Waals surface area contributed by atoms with E-state index in [1.54, 1.807) is 35.5 Å². The number of ether oxygens (including phenoxy) is 1. The highest BCUT2D eigenvalue weighted by Gasteiger charge is 2.33. The predicted octanol–water partition coefficient (Wildman–Crippen LogP) is 4.25. The molecule has 1 aromatic carbocycles. The van der Waals surface area contributed by atoms with Crippen LogP contribution in [0.25, 0.3) is 17.2 Å². The number of aromatic nitrogens is 4. The van der Waals surface area contributed by atoms with Crippen LogP contribution in [0.4, 0.5) is 0 Å². The summed E-state index contributed by atoms with van der Waals surface area (Å²) in [6.45, 7) is 0.592. The number of carbonyl (C=O) groups is 1. The standard InChI is InChI=1S/C24H23N5O2S/c1-31-21-7-3-2-6-18(21)20-11-13-26-24(28-20)29-22(16-8-9-16)19(15-27-29)23(30)25-12-10-17-5-4-14-32-17/h2-7,11,13-16H,8-10,12H2,1H3,(H,25,30). The lowest BCUT2D eigenvalue weighted by Crippen LogP contribution is -2.26. The van der Waals surface area contributed by atoms with Gasteiger partial charge in [0.2, 0.25) is 0 Å². The molecule has 0 atom stereocenters. The molecule has 0 saturated heterocycles. The molecule has 5 rings (SSSR count). The fourth-order valence-corrected chi connectivity index (χ4v) is 4.46. The summed E-state index contributed by atoms with van der Waals surface area (Å²) in [6.07, 6.45) is 6.23. The number of carbonyl (C=O) groups excluding carboxylic acids is 1. The summed E-state index contributed by atoms with van der Waals surface area (Å²) in [7, 11) is 1.64. The van der Waals surface area contributed by atoms with Crippen molar-refractivity contribution in [2.24, 2.45) is 0 Å². The topological polar surface area (TPSA) is 81.9 Å². The van der Waals surface area contributed by atoms with Crippen LogP contribution in [-0.2, 0) is 6.42 Å². The fourth-order valence-electron chi connectivity index (χ4n) is 3.75. The number of nitrogens with one attached hydrogen (secondary N) is 1. The minimum absolute atomic E-state index is 0.101. The highest BCUT2D eigenvalue weighted by atomic mass is 32.1. The van der Waals surface area contributed by atoms with E-state index in [1.807, 2.05) is 41.8 Å². The Labute approximate surface area is 190 Å². The zero-order valence-electron chi connectivity index (χ0n) is 17.7. The van der Waals surface area contributed by atoms with Gasteiger partial charge >= 0.3 is 0 Å². The maximum Gasteiger partial charge on any atom is 0.254 e. The van der Waals surface area contributed by atoms with Gasteiger partial charge < -0.3 is 10.1 Å². The number of rotatable bonds is 8. The van der Waals surface area contributed by atoms with E-state index in [0.29, 0.717) is 24.0 Å². The minimum Gasteiger partial charge on any atom is -0.496 e. The van der Waals surface area contributed by atoms with E-state index in [0.717, 1.165) is 42.0 Å². The number of hydrogen-bond donors (Lipinski definition) is 1. The van der Waals surface area contributed by atoms with Gasteiger partial charge in [-0.3, -0.25) is 4.79 Å². The highest BCUT2D eigenvalue weighted by Crippen LogP contribution is 2.42. The molecule has 1 aliphatic rings. The Bertz CT molecular complexity index is 1230. The third-order valence-electron chi connectivity index (χ3n) is 5.47. The largest absolute Gasteiger partial charge is 0.496 e. The molecule has 1 aliphatic carbocycles. The van der Waals surface area contributed by atoms with Gasteiger partial charge in [-0.25, -0.2) is 14.6 Å². The van der Waals surface area contributed by atoms with Crippen LogP contribution < -0.4 is 10.1 Å². The van der Waals surface area contributed by atoms with Gasteiger partial charge in [0.05, 0.1) is 30.3 Å². The Kier molecular flexibility index (Phi) is 5.68. The summed E-state index contributed by atoms with van der Waals surface area (Å²) in [5.74, 6) is 1.39. The molecule has 0 unspecified atom stereocenters. The Morgan fingerprint density at radius 3 is 2.88 bits per heavy atom. The van der Waals surface area contributed by atoms with Gasteiger partial charge in [0.15, 0.2) is 0 Å². The van der Waals surface area contributed by atoms with Crippen LogP contribution in [0.15, 0.2) is 60.2 Å². The molecule has 8 heteroatoms. The van der Waals surface area contributed by atoms with Gasteiger partial charge in [-0.15, -0.1) is 11.3 Å². The summed E-state index contributed by atoms with van der Waals surface area (Å²) in [5.41, 5.74) is 3.11. The molecule has 1 amide bonds. The van der Waals surface area contributed by atoms with Crippen LogP contribution >= 0.6 is 11.3 Å². The molecular formula is C24H23N5O2S. The normalized spacial score (nSPS) is 13.2. The number of nitrogens with zero attached hydrogens (tertiary/aromatic N) is 4. The molecule has 162 valence electrons. The molecule has 1 N–H and O–H groups in total. The number of methoxy groups -OCH3 is 1. The molecular weight excluding hydrogens is 422 g/mol. The highest BCUT2D eigenvalue weighted by molar-refractivity contribution is 7.09. The molecule has 0 radical (unpaired) electrons. The lowest BCUT2D eigenvalue weighted by Gasteiger charge is -2.11. The van der Waals surface area contributed by atoms with Gasteiger partial charge in [0.25, 0.3) is 11.9 Å². The molecule has 3 heterocycles. The molecule has 0 bridgehead atoms. The first kappa shape index (κ1) is 20.4. The van der Waals surface area contributed by atoms with Gasteiger partial charge in [-0.1, -0.05) is 18.2 Å². The van der Waals surface area contributed by atoms with Gasteiger partial charge in [0.1, 0.15) is 5.75 Å². The Morgan fingerprint density at radius 1 is 1.22 bits per heavy atom. The van der Waals surface area contributed by atoms with Crippen molar-refractivity contribution >= 4 is 17.2 Å². The maximum absolute atomic E-state index is 12.9.